The van der Waals surface area contributed by atoms with Crippen molar-refractivity contribution in [1.82, 2.24) is 0 Å². The fourth-order valence-electron chi connectivity index (χ4n) is 1.39. The molecule has 0 N–H and O–H groups in total. The van der Waals surface area contributed by atoms with Crippen molar-refractivity contribution in [2.75, 3.05) is 25.7 Å². The summed E-state index contributed by atoms with van der Waals surface area (Å²) < 4.78 is 10.2. The average molecular weight is 265 g/mol. The molecule has 0 saturated heterocycles. The summed E-state index contributed by atoms with van der Waals surface area (Å²) in [6.07, 6.45) is 0.456. The Morgan fingerprint density at radius 3 is 2.78 bits per heavy atom. The van der Waals surface area contributed by atoms with E-state index in [0.29, 0.717) is 35.0 Å². The van der Waals surface area contributed by atoms with E-state index in [2.05, 4.69) is 0 Å². The van der Waals surface area contributed by atoms with E-state index in [1.165, 1.54) is 18.9 Å². The van der Waals surface area contributed by atoms with Gasteiger partial charge >= 0.3 is 0 Å². The third kappa shape index (κ3) is 3.97. The number of nitriles is 1. The average Bonchev–Trinajstić information content (AvgIpc) is 2.42. The molecule has 4 nitrogen and oxygen atoms in total. The minimum Gasteiger partial charge on any atom is -0.497 e. The maximum atomic E-state index is 12.0. The van der Waals surface area contributed by atoms with Crippen molar-refractivity contribution in [3.8, 4) is 17.6 Å². The Kier molecular flexibility index (Phi) is 6.09. The molecule has 18 heavy (non-hydrogen) atoms. The van der Waals surface area contributed by atoms with E-state index in [9.17, 15) is 4.79 Å². The molecule has 0 saturated carbocycles. The third-order valence-electron chi connectivity index (χ3n) is 2.30. The molecule has 0 spiro atoms. The number of methoxy groups -OCH3 is 2. The van der Waals surface area contributed by atoms with Gasteiger partial charge in [0.2, 0.25) is 0 Å². The second-order valence-corrected chi connectivity index (χ2v) is 4.56. The number of benzene rings is 1. The number of ether oxygens (including phenoxy) is 2. The summed E-state index contributed by atoms with van der Waals surface area (Å²) in [6, 6.07) is 7.16. The van der Waals surface area contributed by atoms with Crippen molar-refractivity contribution in [3.05, 3.63) is 23.8 Å². The third-order valence-corrected chi connectivity index (χ3v) is 3.26. The van der Waals surface area contributed by atoms with Gasteiger partial charge in [-0.05, 0) is 12.1 Å². The predicted molar refractivity (Wildman–Crippen MR) is 71.4 cm³/mol. The van der Waals surface area contributed by atoms with Crippen molar-refractivity contribution in [3.63, 3.8) is 0 Å². The van der Waals surface area contributed by atoms with Gasteiger partial charge in [0.1, 0.15) is 11.5 Å². The van der Waals surface area contributed by atoms with Gasteiger partial charge in [0, 0.05) is 18.2 Å². The van der Waals surface area contributed by atoms with Crippen LogP contribution < -0.4 is 9.47 Å². The van der Waals surface area contributed by atoms with Crippen LogP contribution in [0.15, 0.2) is 18.2 Å². The molecule has 0 bridgehead atoms. The van der Waals surface area contributed by atoms with Gasteiger partial charge < -0.3 is 9.47 Å². The molecule has 0 radical (unpaired) electrons. The fraction of sp³-hybridized carbons (Fsp3) is 0.385. The maximum Gasteiger partial charge on any atom is 0.176 e. The van der Waals surface area contributed by atoms with E-state index >= 15 is 0 Å². The van der Waals surface area contributed by atoms with Gasteiger partial charge in [0.15, 0.2) is 5.78 Å². The molecule has 1 aromatic rings. The second-order valence-electron chi connectivity index (χ2n) is 3.45. The number of hydrogen-bond donors (Lipinski definition) is 0. The molecule has 5 heteroatoms. The lowest BCUT2D eigenvalue weighted by molar-refractivity contribution is 0.101. The Morgan fingerprint density at radius 1 is 1.39 bits per heavy atom. The topological polar surface area (TPSA) is 59.3 Å². The van der Waals surface area contributed by atoms with E-state index in [-0.39, 0.29) is 5.78 Å². The molecule has 1 rings (SSSR count). The van der Waals surface area contributed by atoms with Crippen LogP contribution in [0.1, 0.15) is 16.8 Å². The summed E-state index contributed by atoms with van der Waals surface area (Å²) in [5.41, 5.74) is 0.544. The van der Waals surface area contributed by atoms with Crippen molar-refractivity contribution in [2.24, 2.45) is 0 Å². The van der Waals surface area contributed by atoms with Crippen molar-refractivity contribution < 1.29 is 14.3 Å². The highest BCUT2D eigenvalue weighted by molar-refractivity contribution is 7.99. The van der Waals surface area contributed by atoms with Crippen LogP contribution in [0.5, 0.6) is 11.5 Å². The molecular formula is C13H15NO3S. The summed E-state index contributed by atoms with van der Waals surface area (Å²) in [4.78, 5) is 12.0. The SMILES string of the molecule is COc1ccc(C(=O)CSCCC#N)c(OC)c1. The Morgan fingerprint density at radius 2 is 2.17 bits per heavy atom. The molecule has 0 aliphatic rings. The first-order chi connectivity index (χ1) is 8.72. The number of rotatable bonds is 7. The molecular weight excluding hydrogens is 250 g/mol. The van der Waals surface area contributed by atoms with Gasteiger partial charge in [-0.15, -0.1) is 0 Å². The maximum absolute atomic E-state index is 12.0. The number of carbonyl (C=O) groups excluding carboxylic acids is 1. The quantitative estimate of drug-likeness (QED) is 0.560. The highest BCUT2D eigenvalue weighted by Crippen LogP contribution is 2.25. The highest BCUT2D eigenvalue weighted by Gasteiger charge is 2.13. The number of thioether (sulfide) groups is 1. The lowest BCUT2D eigenvalue weighted by Gasteiger charge is -2.09. The normalized spacial score (nSPS) is 9.61. The number of ketones is 1. The van der Waals surface area contributed by atoms with Gasteiger partial charge in [-0.25, -0.2) is 0 Å². The highest BCUT2D eigenvalue weighted by atomic mass is 32.2. The van der Waals surface area contributed by atoms with Crippen LogP contribution in [0.4, 0.5) is 0 Å². The Labute approximate surface area is 111 Å². The molecule has 0 fully saturated rings. The Bertz CT molecular complexity index is 454. The molecule has 0 aromatic heterocycles. The van der Waals surface area contributed by atoms with Crippen LogP contribution in [0.25, 0.3) is 0 Å². The molecule has 0 heterocycles. The van der Waals surface area contributed by atoms with Gasteiger partial charge in [-0.1, -0.05) is 0 Å². The number of Topliss-reactive ketones (excluding diaryl/α,β-unsaturated/α-hetero) is 1. The van der Waals surface area contributed by atoms with Gasteiger partial charge in [0.25, 0.3) is 0 Å². The lowest BCUT2D eigenvalue weighted by atomic mass is 10.1. The summed E-state index contributed by atoms with van der Waals surface area (Å²) in [7, 11) is 3.09. The van der Waals surface area contributed by atoms with Crippen LogP contribution in [0, 0.1) is 11.3 Å². The Balaban J connectivity index is 2.70. The van der Waals surface area contributed by atoms with Gasteiger partial charge in [-0.3, -0.25) is 4.79 Å². The van der Waals surface area contributed by atoms with Crippen molar-refractivity contribution >= 4 is 17.5 Å². The molecule has 0 atom stereocenters. The van der Waals surface area contributed by atoms with Crippen LogP contribution in [-0.4, -0.2) is 31.5 Å². The fourth-order valence-corrected chi connectivity index (χ4v) is 2.11. The summed E-state index contributed by atoms with van der Waals surface area (Å²) >= 11 is 1.45. The molecule has 1 aromatic carbocycles. The number of hydrogen-bond acceptors (Lipinski definition) is 5. The molecule has 0 unspecified atom stereocenters. The zero-order valence-corrected chi connectivity index (χ0v) is 11.3. The van der Waals surface area contributed by atoms with Gasteiger partial charge in [0.05, 0.1) is 31.6 Å². The largest absolute Gasteiger partial charge is 0.497 e. The monoisotopic (exact) mass is 265 g/mol. The first-order valence-corrected chi connectivity index (χ1v) is 6.58. The van der Waals surface area contributed by atoms with E-state index in [1.807, 2.05) is 6.07 Å². The first-order valence-electron chi connectivity index (χ1n) is 5.42. The van der Waals surface area contributed by atoms with E-state index in [1.54, 1.807) is 25.3 Å². The zero-order valence-electron chi connectivity index (χ0n) is 10.4. The number of carbonyl (C=O) groups is 1. The minimum absolute atomic E-state index is 0.00237. The van der Waals surface area contributed by atoms with Crippen molar-refractivity contribution in [2.45, 2.75) is 6.42 Å². The van der Waals surface area contributed by atoms with Crippen LogP contribution >= 0.6 is 11.8 Å². The van der Waals surface area contributed by atoms with Crippen LogP contribution in [0.2, 0.25) is 0 Å². The second kappa shape index (κ2) is 7.62. The lowest BCUT2D eigenvalue weighted by Crippen LogP contribution is -2.05. The molecule has 0 amide bonds. The zero-order chi connectivity index (χ0) is 13.4. The number of nitrogens with zero attached hydrogens (tertiary/aromatic N) is 1. The molecule has 96 valence electrons. The summed E-state index contributed by atoms with van der Waals surface area (Å²) in [5, 5.41) is 8.41. The van der Waals surface area contributed by atoms with Crippen LogP contribution in [0.3, 0.4) is 0 Å². The van der Waals surface area contributed by atoms with Gasteiger partial charge in [-0.2, -0.15) is 17.0 Å². The Hall–Kier alpha value is -1.67. The van der Waals surface area contributed by atoms with Crippen LogP contribution in [-0.2, 0) is 0 Å². The van der Waals surface area contributed by atoms with E-state index in [0.717, 1.165) is 0 Å². The minimum atomic E-state index is -0.00237. The van der Waals surface area contributed by atoms with Crippen molar-refractivity contribution in [1.29, 1.82) is 5.26 Å². The van der Waals surface area contributed by atoms with E-state index < -0.39 is 0 Å². The predicted octanol–water partition coefficient (Wildman–Crippen LogP) is 2.53. The summed E-state index contributed by atoms with van der Waals surface area (Å²) in [6.45, 7) is 0. The molecule has 0 aliphatic carbocycles. The van der Waals surface area contributed by atoms with E-state index in [4.69, 9.17) is 14.7 Å². The first kappa shape index (κ1) is 14.4. The standard InChI is InChI=1S/C13H15NO3S/c1-16-10-4-5-11(13(8-10)17-2)12(15)9-18-7-3-6-14/h4-5,8H,3,7,9H2,1-2H3. The summed E-state index contributed by atoms with van der Waals surface area (Å²) in [5.74, 6) is 2.18. The molecule has 0 aliphatic heterocycles. The smallest absolute Gasteiger partial charge is 0.176 e.